The Morgan fingerprint density at radius 1 is 0.897 bits per heavy atom. The van der Waals surface area contributed by atoms with Gasteiger partial charge in [-0.25, -0.2) is 4.79 Å². The Kier molecular flexibility index (Phi) is 12.0. The third-order valence-corrected chi connectivity index (χ3v) is 8.41. The van der Waals surface area contributed by atoms with Crippen LogP contribution < -0.4 is 14.8 Å². The molecule has 210 valence electrons. The lowest BCUT2D eigenvalue weighted by atomic mass is 10.0. The summed E-state index contributed by atoms with van der Waals surface area (Å²) in [5.74, 6) is 1.67. The number of carbonyl (C=O) groups is 1. The van der Waals surface area contributed by atoms with Crippen molar-refractivity contribution in [3.63, 3.8) is 0 Å². The van der Waals surface area contributed by atoms with Crippen LogP contribution in [0.3, 0.4) is 0 Å². The smallest absolute Gasteiger partial charge is 0.407 e. The van der Waals surface area contributed by atoms with Gasteiger partial charge < -0.3 is 19.5 Å². The molecule has 0 spiro atoms. The van der Waals surface area contributed by atoms with Crippen LogP contribution in [0.15, 0.2) is 78.9 Å². The summed E-state index contributed by atoms with van der Waals surface area (Å²) in [7, 11) is -1.00. The second-order valence-electron chi connectivity index (χ2n) is 8.94. The van der Waals surface area contributed by atoms with Crippen molar-refractivity contribution in [2.75, 3.05) is 20.0 Å². The fourth-order valence-corrected chi connectivity index (χ4v) is 5.95. The zero-order chi connectivity index (χ0) is 28.1. The van der Waals surface area contributed by atoms with Crippen molar-refractivity contribution in [3.05, 3.63) is 95.6 Å². The van der Waals surface area contributed by atoms with E-state index in [9.17, 15) is 17.8 Å². The fraction of sp³-hybridized carbons (Fsp3) is 0.345. The van der Waals surface area contributed by atoms with Crippen molar-refractivity contribution < 1.29 is 32.0 Å². The van der Waals surface area contributed by atoms with E-state index in [2.05, 4.69) is 5.32 Å². The standard InChI is InChI=1S/C29H35NO7S2/c1-35-25-15-12-23(13-16-25)21-38-28(17-14-24-10-6-7-11-27(24)36-2)26(18-19-39(32,33)34)30-29(31)37-20-22-8-4-3-5-9-22/h3-13,15-16,26,28H,14,17-21H2,1-2H3,(H,30,31)(H,32,33,34). The second kappa shape index (κ2) is 15.4. The van der Waals surface area contributed by atoms with Gasteiger partial charge in [-0.2, -0.15) is 20.2 Å². The molecular weight excluding hydrogens is 538 g/mol. The van der Waals surface area contributed by atoms with Crippen molar-refractivity contribution in [3.8, 4) is 11.5 Å². The highest BCUT2D eigenvalue weighted by atomic mass is 32.2. The van der Waals surface area contributed by atoms with Crippen LogP contribution in [0.5, 0.6) is 11.5 Å². The van der Waals surface area contributed by atoms with Crippen molar-refractivity contribution >= 4 is 28.0 Å². The van der Waals surface area contributed by atoms with Crippen LogP contribution >= 0.6 is 11.8 Å². The van der Waals surface area contributed by atoms with Gasteiger partial charge in [0.1, 0.15) is 18.1 Å². The van der Waals surface area contributed by atoms with E-state index >= 15 is 0 Å². The van der Waals surface area contributed by atoms with Crippen molar-refractivity contribution in [1.82, 2.24) is 5.32 Å². The molecule has 0 fully saturated rings. The number of benzene rings is 3. The number of methoxy groups -OCH3 is 2. The minimum Gasteiger partial charge on any atom is -0.497 e. The van der Waals surface area contributed by atoms with E-state index in [1.807, 2.05) is 78.9 Å². The highest BCUT2D eigenvalue weighted by Gasteiger charge is 2.26. The third kappa shape index (κ3) is 10.8. The summed E-state index contributed by atoms with van der Waals surface area (Å²) in [5.41, 5.74) is 2.90. The molecule has 0 saturated carbocycles. The lowest BCUT2D eigenvalue weighted by Crippen LogP contribution is -2.43. The zero-order valence-corrected chi connectivity index (χ0v) is 23.7. The lowest BCUT2D eigenvalue weighted by Gasteiger charge is -2.28. The molecule has 0 aliphatic carbocycles. The van der Waals surface area contributed by atoms with Crippen molar-refractivity contribution in [2.45, 2.75) is 42.9 Å². The number of amides is 1. The minimum absolute atomic E-state index is 0.0332. The van der Waals surface area contributed by atoms with Gasteiger partial charge in [0.15, 0.2) is 0 Å². The summed E-state index contributed by atoms with van der Waals surface area (Å²) in [6.45, 7) is 0.0859. The van der Waals surface area contributed by atoms with Crippen LogP contribution in [0.4, 0.5) is 4.79 Å². The summed E-state index contributed by atoms with van der Waals surface area (Å²) < 4.78 is 48.9. The number of thioether (sulfide) groups is 1. The molecule has 8 nitrogen and oxygen atoms in total. The molecule has 0 aliphatic rings. The predicted molar refractivity (Wildman–Crippen MR) is 154 cm³/mol. The molecular formula is C29H35NO7S2. The first-order valence-corrected chi connectivity index (χ1v) is 15.2. The number of hydrogen-bond acceptors (Lipinski definition) is 7. The Balaban J connectivity index is 1.78. The maximum Gasteiger partial charge on any atom is 0.407 e. The van der Waals surface area contributed by atoms with E-state index in [4.69, 9.17) is 14.2 Å². The number of carbonyl (C=O) groups excluding carboxylic acids is 1. The Bertz CT molecular complexity index is 1270. The third-order valence-electron chi connectivity index (χ3n) is 6.17. The molecule has 1 amide bonds. The van der Waals surface area contributed by atoms with E-state index < -0.39 is 28.0 Å². The molecule has 39 heavy (non-hydrogen) atoms. The van der Waals surface area contributed by atoms with Gasteiger partial charge in [-0.15, -0.1) is 0 Å². The molecule has 2 atom stereocenters. The Labute approximate surface area is 234 Å². The van der Waals surface area contributed by atoms with Gasteiger partial charge in [0.2, 0.25) is 0 Å². The number of rotatable bonds is 15. The topological polar surface area (TPSA) is 111 Å². The highest BCUT2D eigenvalue weighted by Crippen LogP contribution is 2.29. The van der Waals surface area contributed by atoms with E-state index in [-0.39, 0.29) is 18.3 Å². The first-order valence-electron chi connectivity index (χ1n) is 12.6. The van der Waals surface area contributed by atoms with Crippen molar-refractivity contribution in [1.29, 1.82) is 0 Å². The maximum atomic E-state index is 12.8. The molecule has 0 heterocycles. The van der Waals surface area contributed by atoms with E-state index in [0.29, 0.717) is 18.6 Å². The average molecular weight is 574 g/mol. The SMILES string of the molecule is COc1ccc(CSC(CCc2ccccc2OC)C(CCS(=O)(=O)O)NC(=O)OCc2ccccc2)cc1. The van der Waals surface area contributed by atoms with Gasteiger partial charge in [-0.05, 0) is 54.2 Å². The zero-order valence-electron chi connectivity index (χ0n) is 22.1. The van der Waals surface area contributed by atoms with Gasteiger partial charge in [-0.3, -0.25) is 4.55 Å². The Morgan fingerprint density at radius 3 is 2.26 bits per heavy atom. The van der Waals surface area contributed by atoms with E-state index in [1.54, 1.807) is 26.0 Å². The second-order valence-corrected chi connectivity index (χ2v) is 11.7. The largest absolute Gasteiger partial charge is 0.497 e. The number of aryl methyl sites for hydroxylation is 1. The molecule has 0 aliphatic heterocycles. The van der Waals surface area contributed by atoms with Crippen LogP contribution in [0.1, 0.15) is 29.5 Å². The molecule has 3 rings (SSSR count). The van der Waals surface area contributed by atoms with Crippen LogP contribution in [-0.4, -0.2) is 50.3 Å². The molecule has 0 bridgehead atoms. The molecule has 3 aromatic rings. The number of ether oxygens (including phenoxy) is 3. The van der Waals surface area contributed by atoms with Crippen molar-refractivity contribution in [2.24, 2.45) is 0 Å². The van der Waals surface area contributed by atoms with E-state index in [0.717, 1.165) is 28.2 Å². The predicted octanol–water partition coefficient (Wildman–Crippen LogP) is 5.51. The van der Waals surface area contributed by atoms with Crippen LogP contribution in [0.2, 0.25) is 0 Å². The first-order chi connectivity index (χ1) is 18.8. The van der Waals surface area contributed by atoms with Gasteiger partial charge >= 0.3 is 6.09 Å². The molecule has 0 aromatic heterocycles. The van der Waals surface area contributed by atoms with Crippen LogP contribution in [0, 0.1) is 0 Å². The summed E-state index contributed by atoms with van der Waals surface area (Å²) in [6, 6.07) is 24.1. The lowest BCUT2D eigenvalue weighted by molar-refractivity contribution is 0.135. The molecule has 2 N–H and O–H groups in total. The van der Waals surface area contributed by atoms with Gasteiger partial charge in [0.25, 0.3) is 10.1 Å². The molecule has 3 aromatic carbocycles. The summed E-state index contributed by atoms with van der Waals surface area (Å²) in [6.07, 6.45) is 0.654. The van der Waals surface area contributed by atoms with E-state index in [1.165, 1.54) is 0 Å². The Morgan fingerprint density at radius 2 is 1.59 bits per heavy atom. The first kappa shape index (κ1) is 30.3. The van der Waals surface area contributed by atoms with Crippen LogP contribution in [-0.2, 0) is 33.6 Å². The highest BCUT2D eigenvalue weighted by molar-refractivity contribution is 7.99. The monoisotopic (exact) mass is 573 g/mol. The molecule has 10 heteroatoms. The minimum atomic E-state index is -4.23. The number of para-hydroxylation sites is 1. The van der Waals surface area contributed by atoms with Crippen LogP contribution in [0.25, 0.3) is 0 Å². The molecule has 2 unspecified atom stereocenters. The summed E-state index contributed by atoms with van der Waals surface area (Å²) in [5, 5.41) is 2.68. The normalized spacial score (nSPS) is 12.8. The number of alkyl carbamates (subject to hydrolysis) is 1. The van der Waals surface area contributed by atoms with Gasteiger partial charge in [0.05, 0.1) is 20.0 Å². The molecule has 0 radical (unpaired) electrons. The Hall–Kier alpha value is -3.21. The fourth-order valence-electron chi connectivity index (χ4n) is 4.08. The van der Waals surface area contributed by atoms with Gasteiger partial charge in [-0.1, -0.05) is 60.7 Å². The quantitative estimate of drug-likeness (QED) is 0.229. The van der Waals surface area contributed by atoms with Gasteiger partial charge in [0, 0.05) is 17.0 Å². The average Bonchev–Trinajstić information content (AvgIpc) is 2.95. The number of nitrogens with one attached hydrogen (secondary N) is 1. The molecule has 0 saturated heterocycles. The number of hydrogen-bond donors (Lipinski definition) is 2. The summed E-state index contributed by atoms with van der Waals surface area (Å²) in [4.78, 5) is 12.8. The summed E-state index contributed by atoms with van der Waals surface area (Å²) >= 11 is 1.61. The maximum absolute atomic E-state index is 12.8.